The molecular weight excluding hydrogens is 240 g/mol. The van der Waals surface area contributed by atoms with Gasteiger partial charge in [-0.15, -0.1) is 0 Å². The van der Waals surface area contributed by atoms with Gasteiger partial charge >= 0.3 is 0 Å². The number of anilines is 1. The van der Waals surface area contributed by atoms with E-state index in [-0.39, 0.29) is 11.9 Å². The van der Waals surface area contributed by atoms with Gasteiger partial charge in [-0.1, -0.05) is 19.9 Å². The highest BCUT2D eigenvalue weighted by Gasteiger charge is 2.05. The third-order valence-electron chi connectivity index (χ3n) is 2.53. The lowest BCUT2D eigenvalue weighted by Crippen LogP contribution is -2.19. The maximum atomic E-state index is 11.7. The van der Waals surface area contributed by atoms with Gasteiger partial charge in [0, 0.05) is 24.2 Å². The van der Waals surface area contributed by atoms with Gasteiger partial charge in [0.15, 0.2) is 0 Å². The fourth-order valence-electron chi connectivity index (χ4n) is 1.51. The van der Waals surface area contributed by atoms with Crippen LogP contribution in [0.3, 0.4) is 0 Å². The van der Waals surface area contributed by atoms with E-state index in [1.54, 1.807) is 0 Å². The number of nitrogens with two attached hydrogens (primary N) is 1. The predicted octanol–water partition coefficient (Wildman–Crippen LogP) is 2.79. The van der Waals surface area contributed by atoms with E-state index in [9.17, 15) is 4.79 Å². The first-order chi connectivity index (χ1) is 8.97. The van der Waals surface area contributed by atoms with Crippen LogP contribution in [0.5, 0.6) is 5.75 Å². The number of carbonyl (C=O) groups excluding carboxylic acids is 1. The second kappa shape index (κ2) is 7.79. The summed E-state index contributed by atoms with van der Waals surface area (Å²) in [5.74, 6) is 1.24. The Labute approximate surface area is 115 Å². The first-order valence-corrected chi connectivity index (χ1v) is 6.75. The summed E-state index contributed by atoms with van der Waals surface area (Å²) in [6.45, 7) is 6.76. The lowest BCUT2D eigenvalue weighted by Gasteiger charge is -2.11. The highest BCUT2D eigenvalue weighted by atomic mass is 16.5. The molecule has 106 valence electrons. The Kier molecular flexibility index (Phi) is 6.36. The van der Waals surface area contributed by atoms with Crippen molar-refractivity contribution in [2.45, 2.75) is 39.7 Å². The zero-order valence-corrected chi connectivity index (χ0v) is 12.0. The fourth-order valence-corrected chi connectivity index (χ4v) is 1.51. The number of hydrogen-bond donors (Lipinski definition) is 2. The summed E-state index contributed by atoms with van der Waals surface area (Å²) in [5.41, 5.74) is 6.39. The summed E-state index contributed by atoms with van der Waals surface area (Å²) in [4.78, 5) is 11.7. The highest BCUT2D eigenvalue weighted by Crippen LogP contribution is 2.18. The first-order valence-electron chi connectivity index (χ1n) is 6.75. The molecule has 0 aliphatic heterocycles. The molecule has 0 spiro atoms. The van der Waals surface area contributed by atoms with Gasteiger partial charge in [0.2, 0.25) is 5.91 Å². The van der Waals surface area contributed by atoms with Crippen molar-refractivity contribution < 1.29 is 9.53 Å². The second-order valence-electron chi connectivity index (χ2n) is 5.30. The predicted molar refractivity (Wildman–Crippen MR) is 78.3 cm³/mol. The van der Waals surface area contributed by atoms with E-state index >= 15 is 0 Å². The highest BCUT2D eigenvalue weighted by molar-refractivity contribution is 5.90. The van der Waals surface area contributed by atoms with Crippen molar-refractivity contribution in [2.75, 3.05) is 11.9 Å². The summed E-state index contributed by atoms with van der Waals surface area (Å²) >= 11 is 0. The normalized spacial score (nSPS) is 12.3. The summed E-state index contributed by atoms with van der Waals surface area (Å²) < 4.78 is 5.62. The lowest BCUT2D eigenvalue weighted by molar-refractivity contribution is -0.116. The quantitative estimate of drug-likeness (QED) is 0.796. The van der Waals surface area contributed by atoms with Crippen LogP contribution in [-0.4, -0.2) is 18.6 Å². The van der Waals surface area contributed by atoms with Crippen molar-refractivity contribution in [1.82, 2.24) is 0 Å². The van der Waals surface area contributed by atoms with Crippen molar-refractivity contribution in [3.05, 3.63) is 24.3 Å². The van der Waals surface area contributed by atoms with E-state index in [0.717, 1.165) is 11.4 Å². The van der Waals surface area contributed by atoms with E-state index in [2.05, 4.69) is 19.2 Å². The van der Waals surface area contributed by atoms with Crippen LogP contribution < -0.4 is 15.8 Å². The molecule has 1 atom stereocenters. The van der Waals surface area contributed by atoms with E-state index in [4.69, 9.17) is 10.5 Å². The van der Waals surface area contributed by atoms with Crippen LogP contribution in [0.2, 0.25) is 0 Å². The Morgan fingerprint density at radius 1 is 1.37 bits per heavy atom. The molecule has 1 aromatic rings. The summed E-state index contributed by atoms with van der Waals surface area (Å²) in [6, 6.07) is 7.50. The lowest BCUT2D eigenvalue weighted by atomic mass is 10.2. The van der Waals surface area contributed by atoms with Crippen molar-refractivity contribution in [3.63, 3.8) is 0 Å². The van der Waals surface area contributed by atoms with Gasteiger partial charge in [-0.3, -0.25) is 4.79 Å². The molecule has 0 aromatic heterocycles. The molecule has 4 nitrogen and oxygen atoms in total. The molecule has 0 saturated carbocycles. The number of benzene rings is 1. The fraction of sp³-hybridized carbons (Fsp3) is 0.533. The van der Waals surface area contributed by atoms with Gasteiger partial charge < -0.3 is 15.8 Å². The maximum Gasteiger partial charge on any atom is 0.224 e. The van der Waals surface area contributed by atoms with E-state index in [1.807, 2.05) is 31.2 Å². The Balaban J connectivity index is 2.49. The number of amides is 1. The Morgan fingerprint density at radius 2 is 2.11 bits per heavy atom. The van der Waals surface area contributed by atoms with Crippen molar-refractivity contribution in [3.8, 4) is 5.75 Å². The molecule has 0 bridgehead atoms. The topological polar surface area (TPSA) is 64.3 Å². The SMILES string of the molecule is CC(C)COc1cccc(NC(=O)CCC(C)N)c1. The molecule has 1 aromatic carbocycles. The third kappa shape index (κ3) is 6.82. The van der Waals surface area contributed by atoms with Crippen LogP contribution in [0.15, 0.2) is 24.3 Å². The number of rotatable bonds is 7. The Hall–Kier alpha value is -1.55. The number of ether oxygens (including phenoxy) is 1. The molecule has 0 aliphatic rings. The molecule has 0 heterocycles. The molecule has 0 radical (unpaired) electrons. The van der Waals surface area contributed by atoms with Crippen molar-refractivity contribution in [1.29, 1.82) is 0 Å². The minimum Gasteiger partial charge on any atom is -0.493 e. The molecular formula is C15H24N2O2. The number of nitrogens with one attached hydrogen (secondary N) is 1. The van der Waals surface area contributed by atoms with Crippen LogP contribution in [0, 0.1) is 5.92 Å². The largest absolute Gasteiger partial charge is 0.493 e. The van der Waals surface area contributed by atoms with Gasteiger partial charge in [-0.25, -0.2) is 0 Å². The smallest absolute Gasteiger partial charge is 0.224 e. The third-order valence-corrected chi connectivity index (χ3v) is 2.53. The zero-order chi connectivity index (χ0) is 14.3. The molecule has 19 heavy (non-hydrogen) atoms. The molecule has 1 amide bonds. The zero-order valence-electron chi connectivity index (χ0n) is 12.0. The monoisotopic (exact) mass is 264 g/mol. The number of hydrogen-bond acceptors (Lipinski definition) is 3. The van der Waals surface area contributed by atoms with E-state index in [1.165, 1.54) is 0 Å². The standard InChI is InChI=1S/C15H24N2O2/c1-11(2)10-19-14-6-4-5-13(9-14)17-15(18)8-7-12(3)16/h4-6,9,11-12H,7-8,10,16H2,1-3H3,(H,17,18). The maximum absolute atomic E-state index is 11.7. The number of carbonyl (C=O) groups is 1. The van der Waals surface area contributed by atoms with Crippen LogP contribution in [-0.2, 0) is 4.79 Å². The van der Waals surface area contributed by atoms with Crippen molar-refractivity contribution >= 4 is 11.6 Å². The molecule has 0 fully saturated rings. The van der Waals surface area contributed by atoms with Gasteiger partial charge in [0.1, 0.15) is 5.75 Å². The van der Waals surface area contributed by atoms with Crippen LogP contribution in [0.1, 0.15) is 33.6 Å². The molecule has 0 aliphatic carbocycles. The Bertz CT molecular complexity index is 403. The van der Waals surface area contributed by atoms with Crippen LogP contribution >= 0.6 is 0 Å². The summed E-state index contributed by atoms with van der Waals surface area (Å²) in [5, 5.41) is 2.85. The van der Waals surface area contributed by atoms with Gasteiger partial charge in [0.05, 0.1) is 6.61 Å². The molecule has 4 heteroatoms. The van der Waals surface area contributed by atoms with Crippen molar-refractivity contribution in [2.24, 2.45) is 11.7 Å². The summed E-state index contributed by atoms with van der Waals surface area (Å²) in [6.07, 6.45) is 1.13. The van der Waals surface area contributed by atoms with Crippen LogP contribution in [0.25, 0.3) is 0 Å². The van der Waals surface area contributed by atoms with Gasteiger partial charge in [-0.05, 0) is 31.4 Å². The molecule has 3 N–H and O–H groups in total. The van der Waals surface area contributed by atoms with Gasteiger partial charge in [0.25, 0.3) is 0 Å². The minimum atomic E-state index is -0.0155. The summed E-state index contributed by atoms with van der Waals surface area (Å²) in [7, 11) is 0. The average Bonchev–Trinajstić information content (AvgIpc) is 2.34. The Morgan fingerprint density at radius 3 is 2.74 bits per heavy atom. The first kappa shape index (κ1) is 15.5. The minimum absolute atomic E-state index is 0.0155. The van der Waals surface area contributed by atoms with Crippen LogP contribution in [0.4, 0.5) is 5.69 Å². The second-order valence-corrected chi connectivity index (χ2v) is 5.30. The molecule has 1 unspecified atom stereocenters. The van der Waals surface area contributed by atoms with Gasteiger partial charge in [-0.2, -0.15) is 0 Å². The molecule has 1 rings (SSSR count). The average molecular weight is 264 g/mol. The van der Waals surface area contributed by atoms with E-state index < -0.39 is 0 Å². The molecule has 0 saturated heterocycles. The van der Waals surface area contributed by atoms with E-state index in [0.29, 0.717) is 25.4 Å².